The number of rotatable bonds is 6. The van der Waals surface area contributed by atoms with Gasteiger partial charge in [-0.3, -0.25) is 14.5 Å². The normalized spacial score (nSPS) is 21.1. The highest BCUT2D eigenvalue weighted by molar-refractivity contribution is 6.05. The summed E-state index contributed by atoms with van der Waals surface area (Å²) in [6.45, 7) is 5.03. The Labute approximate surface area is 215 Å². The fraction of sp³-hybridized carbons (Fsp3) is 0.500. The van der Waals surface area contributed by atoms with Crippen LogP contribution in [0.4, 0.5) is 18.9 Å². The smallest absolute Gasteiger partial charge is 0.345 e. The molecule has 6 nitrogen and oxygen atoms in total. The van der Waals surface area contributed by atoms with E-state index in [0.29, 0.717) is 5.69 Å². The third-order valence-electron chi connectivity index (χ3n) is 8.39. The highest BCUT2D eigenvalue weighted by Crippen LogP contribution is 2.46. The van der Waals surface area contributed by atoms with Gasteiger partial charge in [0.15, 0.2) is 0 Å². The second-order valence-electron chi connectivity index (χ2n) is 10.7. The minimum Gasteiger partial charge on any atom is -0.345 e. The molecule has 1 aliphatic heterocycles. The van der Waals surface area contributed by atoms with Crippen LogP contribution in [-0.2, 0) is 16.5 Å². The van der Waals surface area contributed by atoms with E-state index in [1.54, 1.807) is 12.1 Å². The lowest BCUT2D eigenvalue weighted by molar-refractivity contribution is -0.138. The molecule has 9 heteroatoms. The maximum absolute atomic E-state index is 13.5. The zero-order valence-electron chi connectivity index (χ0n) is 21.3. The number of halogens is 3. The summed E-state index contributed by atoms with van der Waals surface area (Å²) in [5, 5.41) is 6.09. The van der Waals surface area contributed by atoms with Crippen molar-refractivity contribution in [2.75, 3.05) is 38.5 Å². The first-order valence-electron chi connectivity index (χ1n) is 12.9. The number of hydrogen-bond acceptors (Lipinski definition) is 4. The van der Waals surface area contributed by atoms with Gasteiger partial charge in [-0.05, 0) is 81.5 Å². The number of likely N-dealkylation sites (N-methyl/N-ethyl adjacent to an activating group) is 1. The number of anilines is 1. The topological polar surface area (TPSA) is 64.7 Å². The van der Waals surface area contributed by atoms with Crippen molar-refractivity contribution in [1.29, 1.82) is 0 Å². The summed E-state index contributed by atoms with van der Waals surface area (Å²) in [6, 6.07) is 10.9. The molecule has 2 amide bonds. The molecular weight excluding hydrogens is 481 g/mol. The summed E-state index contributed by atoms with van der Waals surface area (Å²) in [4.78, 5) is 30.9. The zero-order chi connectivity index (χ0) is 26.4. The monoisotopic (exact) mass is 514 g/mol. The van der Waals surface area contributed by atoms with E-state index >= 15 is 0 Å². The van der Waals surface area contributed by atoms with Crippen molar-refractivity contribution < 1.29 is 22.8 Å². The number of piperazine rings is 1. The number of hydrogen-bond donors (Lipinski definition) is 2. The SMILES string of the molecule is Cc1c(C(=O)Nc2ccc(C3(NC(=O)C4(N5CCN(C)CC5)CC4)CCC3)cc2)cccc1C(F)(F)F. The van der Waals surface area contributed by atoms with Gasteiger partial charge in [-0.25, -0.2) is 0 Å². The van der Waals surface area contributed by atoms with E-state index in [-0.39, 0.29) is 22.6 Å². The first kappa shape index (κ1) is 25.7. The number of nitrogens with zero attached hydrogens (tertiary/aromatic N) is 2. The Bertz CT molecular complexity index is 1180. The molecule has 2 N–H and O–H groups in total. The van der Waals surface area contributed by atoms with Gasteiger partial charge < -0.3 is 15.5 Å². The largest absolute Gasteiger partial charge is 0.416 e. The minimum absolute atomic E-state index is 0.0136. The highest BCUT2D eigenvalue weighted by atomic mass is 19.4. The molecule has 2 aliphatic carbocycles. The first-order valence-corrected chi connectivity index (χ1v) is 12.9. The third kappa shape index (κ3) is 4.86. The van der Waals surface area contributed by atoms with Crippen molar-refractivity contribution in [2.45, 2.75) is 56.3 Å². The zero-order valence-corrected chi connectivity index (χ0v) is 21.3. The van der Waals surface area contributed by atoms with Gasteiger partial charge in [0.2, 0.25) is 5.91 Å². The molecule has 3 aliphatic rings. The van der Waals surface area contributed by atoms with Gasteiger partial charge in [0.1, 0.15) is 5.54 Å². The molecule has 2 saturated carbocycles. The van der Waals surface area contributed by atoms with Crippen LogP contribution in [0.3, 0.4) is 0 Å². The van der Waals surface area contributed by atoms with Crippen LogP contribution in [0.25, 0.3) is 0 Å². The number of amides is 2. The van der Waals surface area contributed by atoms with Crippen molar-refractivity contribution in [2.24, 2.45) is 0 Å². The van der Waals surface area contributed by atoms with Gasteiger partial charge in [-0.1, -0.05) is 18.2 Å². The van der Waals surface area contributed by atoms with Gasteiger partial charge in [0, 0.05) is 37.4 Å². The maximum atomic E-state index is 13.5. The molecule has 2 aromatic rings. The predicted molar refractivity (Wildman–Crippen MR) is 135 cm³/mol. The second kappa shape index (κ2) is 9.44. The van der Waals surface area contributed by atoms with Crippen molar-refractivity contribution in [3.05, 3.63) is 64.7 Å². The average molecular weight is 515 g/mol. The van der Waals surface area contributed by atoms with Gasteiger partial charge >= 0.3 is 6.18 Å². The number of carbonyl (C=O) groups is 2. The molecular formula is C28H33F3N4O2. The van der Waals surface area contributed by atoms with E-state index in [4.69, 9.17) is 0 Å². The van der Waals surface area contributed by atoms with E-state index < -0.39 is 23.2 Å². The summed E-state index contributed by atoms with van der Waals surface area (Å²) >= 11 is 0. The lowest BCUT2D eigenvalue weighted by Crippen LogP contribution is -2.60. The maximum Gasteiger partial charge on any atom is 0.416 e. The fourth-order valence-electron chi connectivity index (χ4n) is 5.65. The Kier molecular flexibility index (Phi) is 6.56. The van der Waals surface area contributed by atoms with E-state index in [1.807, 2.05) is 12.1 Å². The molecule has 0 radical (unpaired) electrons. The molecule has 1 heterocycles. The van der Waals surface area contributed by atoms with Crippen LogP contribution in [0.15, 0.2) is 42.5 Å². The molecule has 0 spiro atoms. The quantitative estimate of drug-likeness (QED) is 0.594. The van der Waals surface area contributed by atoms with Crippen LogP contribution < -0.4 is 10.6 Å². The molecule has 0 aromatic heterocycles. The average Bonchev–Trinajstić information content (AvgIpc) is 3.64. The van der Waals surface area contributed by atoms with E-state index in [9.17, 15) is 22.8 Å². The summed E-state index contributed by atoms with van der Waals surface area (Å²) < 4.78 is 39.7. The Morgan fingerprint density at radius 2 is 1.57 bits per heavy atom. The van der Waals surface area contributed by atoms with E-state index in [2.05, 4.69) is 27.5 Å². The molecule has 0 bridgehead atoms. The lowest BCUT2D eigenvalue weighted by Gasteiger charge is -2.45. The number of alkyl halides is 3. The van der Waals surface area contributed by atoms with Gasteiger partial charge in [0.25, 0.3) is 5.91 Å². The second-order valence-corrected chi connectivity index (χ2v) is 10.7. The Morgan fingerprint density at radius 1 is 0.919 bits per heavy atom. The molecule has 5 rings (SSSR count). The van der Waals surface area contributed by atoms with E-state index in [0.717, 1.165) is 69.9 Å². The molecule has 1 saturated heterocycles. The first-order chi connectivity index (χ1) is 17.5. The summed E-state index contributed by atoms with van der Waals surface area (Å²) in [7, 11) is 2.10. The summed E-state index contributed by atoms with van der Waals surface area (Å²) in [6.07, 6.45) is -0.0153. The predicted octanol–water partition coefficient (Wildman–Crippen LogP) is 4.54. The van der Waals surface area contributed by atoms with Crippen LogP contribution in [0.2, 0.25) is 0 Å². The molecule has 3 fully saturated rings. The van der Waals surface area contributed by atoms with Crippen LogP contribution in [0, 0.1) is 6.92 Å². The Balaban J connectivity index is 1.27. The fourth-order valence-corrected chi connectivity index (χ4v) is 5.65. The van der Waals surface area contributed by atoms with Crippen LogP contribution in [-0.4, -0.2) is 60.4 Å². The third-order valence-corrected chi connectivity index (χ3v) is 8.39. The highest BCUT2D eigenvalue weighted by Gasteiger charge is 2.56. The number of carbonyl (C=O) groups excluding carboxylic acids is 2. The molecule has 0 unspecified atom stereocenters. The van der Waals surface area contributed by atoms with Gasteiger partial charge in [0.05, 0.1) is 11.1 Å². The minimum atomic E-state index is -4.52. The van der Waals surface area contributed by atoms with Crippen LogP contribution in [0.5, 0.6) is 0 Å². The number of nitrogens with one attached hydrogen (secondary N) is 2. The lowest BCUT2D eigenvalue weighted by atomic mass is 9.71. The molecule has 0 atom stereocenters. The van der Waals surface area contributed by atoms with Crippen molar-refractivity contribution >= 4 is 17.5 Å². The Hall–Kier alpha value is -2.91. The Morgan fingerprint density at radius 3 is 2.11 bits per heavy atom. The van der Waals surface area contributed by atoms with Gasteiger partial charge in [-0.2, -0.15) is 13.2 Å². The molecule has 2 aromatic carbocycles. The molecule has 37 heavy (non-hydrogen) atoms. The van der Waals surface area contributed by atoms with Gasteiger partial charge in [-0.15, -0.1) is 0 Å². The molecule has 198 valence electrons. The number of benzene rings is 2. The van der Waals surface area contributed by atoms with Crippen molar-refractivity contribution in [3.63, 3.8) is 0 Å². The standard InChI is InChI=1S/C28H33F3N4O2/c1-19-22(5-3-6-23(19)28(29,30)31)24(36)32-21-9-7-20(8-10-21)26(11-4-12-26)33-25(37)27(13-14-27)35-17-15-34(2)16-18-35/h3,5-10H,4,11-18H2,1-2H3,(H,32,36)(H,33,37). The summed E-state index contributed by atoms with van der Waals surface area (Å²) in [5.41, 5.74) is -0.268. The van der Waals surface area contributed by atoms with E-state index in [1.165, 1.54) is 19.1 Å². The van der Waals surface area contributed by atoms with Crippen LogP contribution >= 0.6 is 0 Å². The van der Waals surface area contributed by atoms with Crippen molar-refractivity contribution in [3.8, 4) is 0 Å². The van der Waals surface area contributed by atoms with Crippen LogP contribution in [0.1, 0.15) is 59.2 Å². The van der Waals surface area contributed by atoms with Crippen molar-refractivity contribution in [1.82, 2.24) is 15.1 Å². The summed E-state index contributed by atoms with van der Waals surface area (Å²) in [5.74, 6) is -0.486.